The van der Waals surface area contributed by atoms with Gasteiger partial charge in [0.15, 0.2) is 0 Å². The zero-order valence-electron chi connectivity index (χ0n) is 13.6. The molecule has 0 saturated carbocycles. The van der Waals surface area contributed by atoms with Crippen molar-refractivity contribution in [1.82, 2.24) is 9.55 Å². The lowest BCUT2D eigenvalue weighted by atomic mass is 9.99. The van der Waals surface area contributed by atoms with E-state index < -0.39 is 0 Å². The SMILES string of the molecule is CC(C)n1c(=O)cc(N[C@H]2CCCCc3ccccc32)[nH]c1=O. The van der Waals surface area contributed by atoms with E-state index in [1.54, 1.807) is 0 Å². The lowest BCUT2D eigenvalue weighted by Crippen LogP contribution is -2.36. The van der Waals surface area contributed by atoms with E-state index in [0.29, 0.717) is 5.82 Å². The van der Waals surface area contributed by atoms with Gasteiger partial charge in [0.1, 0.15) is 5.82 Å². The Labute approximate surface area is 135 Å². The van der Waals surface area contributed by atoms with Gasteiger partial charge in [-0.25, -0.2) is 4.79 Å². The molecule has 0 unspecified atom stereocenters. The monoisotopic (exact) mass is 313 g/mol. The summed E-state index contributed by atoms with van der Waals surface area (Å²) in [6.07, 6.45) is 4.37. The average molecular weight is 313 g/mol. The molecule has 0 spiro atoms. The highest BCUT2D eigenvalue weighted by molar-refractivity contribution is 5.40. The Morgan fingerprint density at radius 3 is 2.74 bits per heavy atom. The van der Waals surface area contributed by atoms with E-state index in [-0.39, 0.29) is 23.3 Å². The fourth-order valence-electron chi connectivity index (χ4n) is 3.33. The molecule has 3 rings (SSSR count). The van der Waals surface area contributed by atoms with Crippen LogP contribution < -0.4 is 16.6 Å². The number of nitrogens with one attached hydrogen (secondary N) is 2. The molecule has 1 aliphatic carbocycles. The van der Waals surface area contributed by atoms with E-state index >= 15 is 0 Å². The van der Waals surface area contributed by atoms with Crippen molar-refractivity contribution in [3.63, 3.8) is 0 Å². The minimum atomic E-state index is -0.364. The van der Waals surface area contributed by atoms with Crippen LogP contribution in [-0.4, -0.2) is 9.55 Å². The maximum Gasteiger partial charge on any atom is 0.330 e. The fourth-order valence-corrected chi connectivity index (χ4v) is 3.33. The third kappa shape index (κ3) is 3.23. The largest absolute Gasteiger partial charge is 0.365 e. The second kappa shape index (κ2) is 6.44. The van der Waals surface area contributed by atoms with Crippen molar-refractivity contribution in [3.05, 3.63) is 62.3 Å². The summed E-state index contributed by atoms with van der Waals surface area (Å²) in [6, 6.07) is 9.85. The number of aromatic nitrogens is 2. The molecule has 0 aliphatic heterocycles. The molecule has 1 atom stereocenters. The summed E-state index contributed by atoms with van der Waals surface area (Å²) in [5.41, 5.74) is 1.98. The van der Waals surface area contributed by atoms with Crippen LogP contribution in [0.2, 0.25) is 0 Å². The Balaban J connectivity index is 1.94. The molecule has 5 heteroatoms. The molecule has 1 aliphatic rings. The quantitative estimate of drug-likeness (QED) is 0.856. The van der Waals surface area contributed by atoms with Gasteiger partial charge in [0, 0.05) is 12.1 Å². The molecule has 0 saturated heterocycles. The molecule has 122 valence electrons. The van der Waals surface area contributed by atoms with Crippen LogP contribution in [0.4, 0.5) is 5.82 Å². The number of fused-ring (bicyclic) bond motifs is 1. The van der Waals surface area contributed by atoms with E-state index in [0.717, 1.165) is 19.3 Å². The number of H-pyrrole nitrogens is 1. The van der Waals surface area contributed by atoms with Gasteiger partial charge in [0.2, 0.25) is 0 Å². The molecule has 0 amide bonds. The molecule has 1 aromatic carbocycles. The number of hydrogen-bond donors (Lipinski definition) is 2. The molecule has 2 N–H and O–H groups in total. The number of aromatic amines is 1. The van der Waals surface area contributed by atoms with Crippen LogP contribution in [0.25, 0.3) is 0 Å². The van der Waals surface area contributed by atoms with Crippen molar-refractivity contribution in [2.45, 2.75) is 51.6 Å². The van der Waals surface area contributed by atoms with Crippen LogP contribution in [0.3, 0.4) is 0 Å². The maximum atomic E-state index is 12.2. The molecule has 0 bridgehead atoms. The standard InChI is InChI=1S/C18H23N3O2/c1-12(2)21-17(22)11-16(20-18(21)23)19-15-10-6-4-8-13-7-3-5-9-14(13)15/h3,5,7,9,11-12,15,19H,4,6,8,10H2,1-2H3,(H,20,23)/t15-/m0/s1. The molecule has 23 heavy (non-hydrogen) atoms. The lowest BCUT2D eigenvalue weighted by molar-refractivity contribution is 0.545. The predicted octanol–water partition coefficient (Wildman–Crippen LogP) is 3.00. The molecular weight excluding hydrogens is 290 g/mol. The highest BCUT2D eigenvalue weighted by Crippen LogP contribution is 2.30. The molecular formula is C18H23N3O2. The highest BCUT2D eigenvalue weighted by atomic mass is 16.2. The van der Waals surface area contributed by atoms with Gasteiger partial charge in [-0.1, -0.05) is 30.7 Å². The normalized spacial score (nSPS) is 17.6. The first-order valence-corrected chi connectivity index (χ1v) is 8.26. The minimum Gasteiger partial charge on any atom is -0.365 e. The number of rotatable bonds is 3. The highest BCUT2D eigenvalue weighted by Gasteiger charge is 2.19. The van der Waals surface area contributed by atoms with Gasteiger partial charge < -0.3 is 5.32 Å². The molecule has 5 nitrogen and oxygen atoms in total. The number of benzene rings is 1. The Bertz CT molecular complexity index is 773. The predicted molar refractivity (Wildman–Crippen MR) is 92.1 cm³/mol. The summed E-state index contributed by atoms with van der Waals surface area (Å²) in [6.45, 7) is 3.65. The smallest absolute Gasteiger partial charge is 0.330 e. The first-order chi connectivity index (χ1) is 11.1. The van der Waals surface area contributed by atoms with Crippen molar-refractivity contribution < 1.29 is 0 Å². The minimum absolute atomic E-state index is 0.124. The second-order valence-corrected chi connectivity index (χ2v) is 6.43. The third-order valence-corrected chi connectivity index (χ3v) is 4.43. The zero-order chi connectivity index (χ0) is 16.4. The average Bonchev–Trinajstić information content (AvgIpc) is 2.69. The van der Waals surface area contributed by atoms with Gasteiger partial charge in [0.05, 0.1) is 6.04 Å². The van der Waals surface area contributed by atoms with Crippen LogP contribution in [0.1, 0.15) is 56.3 Å². The topological polar surface area (TPSA) is 66.9 Å². The summed E-state index contributed by atoms with van der Waals surface area (Å²) in [5, 5.41) is 3.36. The summed E-state index contributed by atoms with van der Waals surface area (Å²) in [4.78, 5) is 27.1. The van der Waals surface area contributed by atoms with Gasteiger partial charge in [-0.2, -0.15) is 0 Å². The van der Waals surface area contributed by atoms with Crippen LogP contribution in [-0.2, 0) is 6.42 Å². The molecule has 1 aromatic heterocycles. The van der Waals surface area contributed by atoms with Gasteiger partial charge in [-0.15, -0.1) is 0 Å². The van der Waals surface area contributed by atoms with Crippen LogP contribution in [0.5, 0.6) is 0 Å². The van der Waals surface area contributed by atoms with E-state index in [9.17, 15) is 9.59 Å². The summed E-state index contributed by atoms with van der Waals surface area (Å²) < 4.78 is 1.23. The van der Waals surface area contributed by atoms with E-state index in [1.165, 1.54) is 28.2 Å². The summed E-state index contributed by atoms with van der Waals surface area (Å²) in [5.74, 6) is 0.499. The number of aryl methyl sites for hydroxylation is 1. The van der Waals surface area contributed by atoms with Crippen molar-refractivity contribution in [1.29, 1.82) is 0 Å². The summed E-state index contributed by atoms with van der Waals surface area (Å²) >= 11 is 0. The number of anilines is 1. The van der Waals surface area contributed by atoms with Crippen molar-refractivity contribution in [2.75, 3.05) is 5.32 Å². The first-order valence-electron chi connectivity index (χ1n) is 8.26. The molecule has 1 heterocycles. The zero-order valence-corrected chi connectivity index (χ0v) is 13.6. The molecule has 0 radical (unpaired) electrons. The Hall–Kier alpha value is -2.30. The van der Waals surface area contributed by atoms with E-state index in [4.69, 9.17) is 0 Å². The van der Waals surface area contributed by atoms with E-state index in [1.807, 2.05) is 19.9 Å². The van der Waals surface area contributed by atoms with Crippen LogP contribution in [0.15, 0.2) is 39.9 Å². The van der Waals surface area contributed by atoms with Gasteiger partial charge >= 0.3 is 5.69 Å². The Kier molecular flexibility index (Phi) is 4.37. The van der Waals surface area contributed by atoms with Crippen molar-refractivity contribution in [2.24, 2.45) is 0 Å². The third-order valence-electron chi connectivity index (χ3n) is 4.43. The number of hydrogen-bond acceptors (Lipinski definition) is 3. The van der Waals surface area contributed by atoms with Crippen molar-refractivity contribution in [3.8, 4) is 0 Å². The summed E-state index contributed by atoms with van der Waals surface area (Å²) in [7, 11) is 0. The van der Waals surface area contributed by atoms with Crippen LogP contribution >= 0.6 is 0 Å². The maximum absolute atomic E-state index is 12.2. The second-order valence-electron chi connectivity index (χ2n) is 6.43. The van der Waals surface area contributed by atoms with Crippen molar-refractivity contribution >= 4 is 5.82 Å². The number of nitrogens with zero attached hydrogens (tertiary/aromatic N) is 1. The van der Waals surface area contributed by atoms with Gasteiger partial charge in [-0.3, -0.25) is 14.3 Å². The first kappa shape index (κ1) is 15.6. The van der Waals surface area contributed by atoms with E-state index in [2.05, 4.69) is 28.5 Å². The lowest BCUT2D eigenvalue weighted by Gasteiger charge is -2.20. The van der Waals surface area contributed by atoms with Crippen LogP contribution in [0, 0.1) is 0 Å². The Morgan fingerprint density at radius 2 is 2.00 bits per heavy atom. The Morgan fingerprint density at radius 1 is 1.22 bits per heavy atom. The molecule has 2 aromatic rings. The van der Waals surface area contributed by atoms with Gasteiger partial charge in [-0.05, 0) is 44.2 Å². The van der Waals surface area contributed by atoms with Gasteiger partial charge in [0.25, 0.3) is 5.56 Å². The fraction of sp³-hybridized carbons (Fsp3) is 0.444. The molecule has 0 fully saturated rings.